The van der Waals surface area contributed by atoms with Crippen LogP contribution in [0.25, 0.3) is 0 Å². The van der Waals surface area contributed by atoms with Crippen LogP contribution in [0.5, 0.6) is 0 Å². The van der Waals surface area contributed by atoms with Gasteiger partial charge in [-0.1, -0.05) is 13.8 Å². The predicted molar refractivity (Wildman–Crippen MR) is 96.2 cm³/mol. The van der Waals surface area contributed by atoms with Gasteiger partial charge in [0.05, 0.1) is 18.7 Å². The highest BCUT2D eigenvalue weighted by Gasteiger charge is 2.18. The molecule has 0 spiro atoms. The molecule has 2 rings (SSSR count). The van der Waals surface area contributed by atoms with Crippen molar-refractivity contribution >= 4 is 34.3 Å². The van der Waals surface area contributed by atoms with E-state index in [0.717, 1.165) is 0 Å². The number of hydrogen-bond acceptors (Lipinski definition) is 6. The molecule has 0 aliphatic rings. The quantitative estimate of drug-likeness (QED) is 0.764. The molecule has 0 fully saturated rings. The Morgan fingerprint density at radius 2 is 2.08 bits per heavy atom. The summed E-state index contributed by atoms with van der Waals surface area (Å²) in [4.78, 5) is 40.7. The van der Waals surface area contributed by atoms with Gasteiger partial charge >= 0.3 is 5.97 Å². The summed E-state index contributed by atoms with van der Waals surface area (Å²) in [6.07, 6.45) is 0.0794. The molecule has 2 N–H and O–H groups in total. The molecule has 0 aromatic carbocycles. The predicted octanol–water partition coefficient (Wildman–Crippen LogP) is 2.54. The van der Waals surface area contributed by atoms with Gasteiger partial charge in [0.15, 0.2) is 5.13 Å². The van der Waals surface area contributed by atoms with Gasteiger partial charge < -0.3 is 19.7 Å². The molecule has 0 bridgehead atoms. The number of rotatable bonds is 7. The SMILES string of the molecule is Cc1oc(CN(C)C(=O)Cc2csc(NC(=O)C(C)C)n2)cc1C(=O)O. The fourth-order valence-corrected chi connectivity index (χ4v) is 2.85. The molecule has 26 heavy (non-hydrogen) atoms. The Kier molecular flexibility index (Phi) is 6.14. The molecule has 0 unspecified atom stereocenters. The summed E-state index contributed by atoms with van der Waals surface area (Å²) in [6.45, 7) is 5.30. The van der Waals surface area contributed by atoms with Crippen LogP contribution in [0, 0.1) is 12.8 Å². The molecule has 0 radical (unpaired) electrons. The second-order valence-corrected chi connectivity index (χ2v) is 7.06. The van der Waals surface area contributed by atoms with Crippen LogP contribution >= 0.6 is 11.3 Å². The number of nitrogens with zero attached hydrogens (tertiary/aromatic N) is 2. The number of hydrogen-bond donors (Lipinski definition) is 2. The topological polar surface area (TPSA) is 113 Å². The van der Waals surface area contributed by atoms with Crippen LogP contribution in [0.4, 0.5) is 5.13 Å². The number of aromatic carboxylic acids is 1. The molecule has 2 amide bonds. The number of furan rings is 1. The average molecular weight is 379 g/mol. The molecular weight excluding hydrogens is 358 g/mol. The molecule has 0 atom stereocenters. The lowest BCUT2D eigenvalue weighted by atomic mass is 10.2. The molecule has 9 heteroatoms. The highest BCUT2D eigenvalue weighted by Crippen LogP contribution is 2.19. The first-order chi connectivity index (χ1) is 12.2. The summed E-state index contributed by atoms with van der Waals surface area (Å²) in [6, 6.07) is 1.42. The van der Waals surface area contributed by atoms with Crippen molar-refractivity contribution in [2.24, 2.45) is 5.92 Å². The average Bonchev–Trinajstić information content (AvgIpc) is 3.13. The fraction of sp³-hybridized carbons (Fsp3) is 0.412. The number of anilines is 1. The van der Waals surface area contributed by atoms with E-state index in [4.69, 9.17) is 9.52 Å². The van der Waals surface area contributed by atoms with Crippen LogP contribution in [0.3, 0.4) is 0 Å². The number of nitrogens with one attached hydrogen (secondary N) is 1. The lowest BCUT2D eigenvalue weighted by Crippen LogP contribution is -2.27. The summed E-state index contributed by atoms with van der Waals surface area (Å²) in [5, 5.41) is 13.9. The Hall–Kier alpha value is -2.68. The van der Waals surface area contributed by atoms with Gasteiger partial charge in [-0.2, -0.15) is 0 Å². The normalized spacial score (nSPS) is 10.8. The molecule has 8 nitrogen and oxygen atoms in total. The first-order valence-electron chi connectivity index (χ1n) is 7.99. The minimum absolute atomic E-state index is 0.0794. The molecule has 2 aromatic rings. The first kappa shape index (κ1) is 19.6. The van der Waals surface area contributed by atoms with Gasteiger partial charge in [0, 0.05) is 18.3 Å². The maximum atomic E-state index is 12.3. The highest BCUT2D eigenvalue weighted by molar-refractivity contribution is 7.13. The number of carboxylic acid groups (broad SMARTS) is 1. The van der Waals surface area contributed by atoms with Crippen molar-refractivity contribution in [3.8, 4) is 0 Å². The molecule has 0 aliphatic heterocycles. The van der Waals surface area contributed by atoms with E-state index in [1.165, 1.54) is 22.3 Å². The van der Waals surface area contributed by atoms with Crippen molar-refractivity contribution in [2.75, 3.05) is 12.4 Å². The molecule has 0 saturated carbocycles. The number of carbonyl (C=O) groups excluding carboxylic acids is 2. The highest BCUT2D eigenvalue weighted by atomic mass is 32.1. The minimum Gasteiger partial charge on any atom is -0.478 e. The van der Waals surface area contributed by atoms with Gasteiger partial charge in [-0.3, -0.25) is 9.59 Å². The van der Waals surface area contributed by atoms with Crippen LogP contribution in [-0.2, 0) is 22.6 Å². The van der Waals surface area contributed by atoms with Gasteiger partial charge in [0.25, 0.3) is 0 Å². The van der Waals surface area contributed by atoms with E-state index < -0.39 is 5.97 Å². The number of carbonyl (C=O) groups is 3. The Bertz CT molecular complexity index is 824. The van der Waals surface area contributed by atoms with Gasteiger partial charge in [0.1, 0.15) is 17.1 Å². The van der Waals surface area contributed by atoms with E-state index in [1.807, 2.05) is 0 Å². The van der Waals surface area contributed by atoms with E-state index in [1.54, 1.807) is 33.2 Å². The van der Waals surface area contributed by atoms with E-state index >= 15 is 0 Å². The third kappa shape index (κ3) is 4.92. The molecular formula is C17H21N3O5S. The zero-order valence-electron chi connectivity index (χ0n) is 15.0. The van der Waals surface area contributed by atoms with E-state index in [2.05, 4.69) is 10.3 Å². The van der Waals surface area contributed by atoms with Crippen molar-refractivity contribution in [2.45, 2.75) is 33.7 Å². The van der Waals surface area contributed by atoms with Gasteiger partial charge in [0.2, 0.25) is 11.8 Å². The molecule has 2 aromatic heterocycles. The van der Waals surface area contributed by atoms with Gasteiger partial charge in [-0.15, -0.1) is 11.3 Å². The Morgan fingerprint density at radius 1 is 1.38 bits per heavy atom. The second kappa shape index (κ2) is 8.13. The van der Waals surface area contributed by atoms with Crippen LogP contribution in [-0.4, -0.2) is 39.8 Å². The van der Waals surface area contributed by atoms with Crippen LogP contribution in [0.1, 0.15) is 41.4 Å². The number of aromatic nitrogens is 1. The lowest BCUT2D eigenvalue weighted by Gasteiger charge is -2.14. The van der Waals surface area contributed by atoms with E-state index in [-0.39, 0.29) is 36.3 Å². The summed E-state index contributed by atoms with van der Waals surface area (Å²) in [5.74, 6) is -0.829. The van der Waals surface area contributed by atoms with Crippen LogP contribution < -0.4 is 5.32 Å². The second-order valence-electron chi connectivity index (χ2n) is 6.20. The standard InChI is InChI=1S/C17H21N3O5S/c1-9(2)15(22)19-17-18-11(8-26-17)5-14(21)20(4)7-12-6-13(16(23)24)10(3)25-12/h6,8-9H,5,7H2,1-4H3,(H,23,24)(H,18,19,22). The summed E-state index contributed by atoms with van der Waals surface area (Å²) < 4.78 is 5.38. The summed E-state index contributed by atoms with van der Waals surface area (Å²) in [5.41, 5.74) is 0.652. The monoisotopic (exact) mass is 379 g/mol. The number of aryl methyl sites for hydroxylation is 1. The zero-order valence-corrected chi connectivity index (χ0v) is 15.8. The Balaban J connectivity index is 1.95. The lowest BCUT2D eigenvalue weighted by molar-refractivity contribution is -0.130. The molecule has 0 aliphatic carbocycles. The summed E-state index contributed by atoms with van der Waals surface area (Å²) in [7, 11) is 1.61. The fourth-order valence-electron chi connectivity index (χ4n) is 2.14. The Labute approximate surface area is 154 Å². The minimum atomic E-state index is -1.06. The first-order valence-corrected chi connectivity index (χ1v) is 8.87. The number of thiazole rings is 1. The zero-order chi connectivity index (χ0) is 19.4. The third-order valence-electron chi connectivity index (χ3n) is 3.66. The third-order valence-corrected chi connectivity index (χ3v) is 4.46. The van der Waals surface area contributed by atoms with Crippen molar-refractivity contribution in [3.05, 3.63) is 34.2 Å². The van der Waals surface area contributed by atoms with Crippen molar-refractivity contribution in [3.63, 3.8) is 0 Å². The molecule has 140 valence electrons. The maximum Gasteiger partial charge on any atom is 0.339 e. The number of likely N-dealkylation sites (N-methyl/N-ethyl adjacent to an activating group) is 1. The van der Waals surface area contributed by atoms with Crippen molar-refractivity contribution < 1.29 is 23.9 Å². The molecule has 2 heterocycles. The van der Waals surface area contributed by atoms with Crippen molar-refractivity contribution in [1.29, 1.82) is 0 Å². The van der Waals surface area contributed by atoms with Crippen LogP contribution in [0.2, 0.25) is 0 Å². The molecule has 0 saturated heterocycles. The largest absolute Gasteiger partial charge is 0.478 e. The van der Waals surface area contributed by atoms with Crippen LogP contribution in [0.15, 0.2) is 15.9 Å². The maximum absolute atomic E-state index is 12.3. The number of carboxylic acids is 1. The van der Waals surface area contributed by atoms with E-state index in [0.29, 0.717) is 22.3 Å². The summed E-state index contributed by atoms with van der Waals surface area (Å²) >= 11 is 1.26. The van der Waals surface area contributed by atoms with Gasteiger partial charge in [-0.25, -0.2) is 9.78 Å². The smallest absolute Gasteiger partial charge is 0.339 e. The Morgan fingerprint density at radius 3 is 2.65 bits per heavy atom. The van der Waals surface area contributed by atoms with E-state index in [9.17, 15) is 14.4 Å². The van der Waals surface area contributed by atoms with Gasteiger partial charge in [-0.05, 0) is 13.0 Å². The number of amides is 2. The van der Waals surface area contributed by atoms with Crippen molar-refractivity contribution in [1.82, 2.24) is 9.88 Å².